The minimum atomic E-state index is -1.33. The van der Waals surface area contributed by atoms with Crippen molar-refractivity contribution in [1.29, 1.82) is 0 Å². The van der Waals surface area contributed by atoms with Gasteiger partial charge in [0.25, 0.3) is 0 Å². The zero-order valence-electron chi connectivity index (χ0n) is 10.4. The molecule has 4 heteroatoms. The Bertz CT molecular complexity index is 602. The average Bonchev–Trinajstić information content (AvgIpc) is 2.26. The average molecular weight is 261 g/mol. The smallest absolute Gasteiger partial charge is 0.174 e. The Kier molecular flexibility index (Phi) is 2.45. The summed E-state index contributed by atoms with van der Waals surface area (Å²) in [7, 11) is -1.33. The van der Waals surface area contributed by atoms with Gasteiger partial charge in [-0.1, -0.05) is 26.0 Å². The molecule has 1 heterocycles. The molecule has 0 spiro atoms. The van der Waals surface area contributed by atoms with Gasteiger partial charge in [-0.05, 0) is 24.0 Å². The maximum Gasteiger partial charge on any atom is 0.174 e. The fourth-order valence-corrected chi connectivity index (χ4v) is 3.99. The first kappa shape index (κ1) is 11.7. The third kappa shape index (κ3) is 1.72. The van der Waals surface area contributed by atoms with E-state index in [1.807, 2.05) is 24.3 Å². The van der Waals surface area contributed by atoms with Crippen LogP contribution in [-0.2, 0) is 15.6 Å². The fourth-order valence-electron chi connectivity index (χ4n) is 2.62. The van der Waals surface area contributed by atoms with Crippen molar-refractivity contribution in [1.82, 2.24) is 0 Å². The molecule has 0 fully saturated rings. The molecule has 0 saturated heterocycles. The van der Waals surface area contributed by atoms with E-state index in [0.717, 1.165) is 17.8 Å². The largest absolute Gasteiger partial charge is 0.357 e. The Morgan fingerprint density at radius 1 is 1.22 bits per heavy atom. The van der Waals surface area contributed by atoms with Crippen molar-refractivity contribution < 1.29 is 9.00 Å². The predicted octanol–water partition coefficient (Wildman–Crippen LogP) is 2.82. The van der Waals surface area contributed by atoms with Crippen LogP contribution in [0.1, 0.15) is 26.7 Å². The molecule has 0 amide bonds. The molecule has 0 radical (unpaired) electrons. The quantitative estimate of drug-likeness (QED) is 0.781. The van der Waals surface area contributed by atoms with Crippen LogP contribution in [0.5, 0.6) is 0 Å². The second kappa shape index (κ2) is 3.79. The number of Topliss-reactive ketones (excluding diaryl/α,β-unsaturated/α-hetero) is 1. The van der Waals surface area contributed by atoms with Gasteiger partial charge in [0.15, 0.2) is 5.78 Å². The van der Waals surface area contributed by atoms with Crippen LogP contribution >= 0.6 is 0 Å². The molecule has 0 bridgehead atoms. The second-order valence-electron chi connectivity index (χ2n) is 5.64. The third-order valence-electron chi connectivity index (χ3n) is 3.38. The van der Waals surface area contributed by atoms with Crippen molar-refractivity contribution in [3.63, 3.8) is 0 Å². The fraction of sp³-hybridized carbons (Fsp3) is 0.357. The van der Waals surface area contributed by atoms with Crippen molar-refractivity contribution in [2.45, 2.75) is 31.6 Å². The minimum absolute atomic E-state index is 0.0154. The summed E-state index contributed by atoms with van der Waals surface area (Å²) in [6.45, 7) is 4.14. The Morgan fingerprint density at radius 3 is 2.72 bits per heavy atom. The van der Waals surface area contributed by atoms with Gasteiger partial charge in [0, 0.05) is 12.1 Å². The molecule has 1 aromatic carbocycles. The lowest BCUT2D eigenvalue weighted by Crippen LogP contribution is -2.32. The molecule has 2 aliphatic rings. The number of fused-ring (bicyclic) bond motifs is 1. The lowest BCUT2D eigenvalue weighted by atomic mass is 9.78. The lowest BCUT2D eigenvalue weighted by molar-refractivity contribution is -0.117. The third-order valence-corrected chi connectivity index (χ3v) is 4.98. The summed E-state index contributed by atoms with van der Waals surface area (Å²) in [6, 6.07) is 7.48. The Hall–Kier alpha value is -1.42. The van der Waals surface area contributed by atoms with Gasteiger partial charge in [0.1, 0.15) is 4.91 Å². The minimum Gasteiger partial charge on any atom is -0.357 e. The molecule has 1 N–H and O–H groups in total. The number of ketones is 1. The van der Waals surface area contributed by atoms with E-state index in [4.69, 9.17) is 0 Å². The van der Waals surface area contributed by atoms with E-state index >= 15 is 0 Å². The van der Waals surface area contributed by atoms with Gasteiger partial charge in [0.2, 0.25) is 0 Å². The predicted molar refractivity (Wildman–Crippen MR) is 71.5 cm³/mol. The van der Waals surface area contributed by atoms with Gasteiger partial charge >= 0.3 is 0 Å². The van der Waals surface area contributed by atoms with Crippen molar-refractivity contribution in [2.75, 3.05) is 5.32 Å². The Labute approximate surface area is 109 Å². The Balaban J connectivity index is 2.13. The van der Waals surface area contributed by atoms with Gasteiger partial charge in [-0.15, -0.1) is 0 Å². The number of carbonyl (C=O) groups is 1. The summed E-state index contributed by atoms with van der Waals surface area (Å²) in [4.78, 5) is 13.4. The summed E-state index contributed by atoms with van der Waals surface area (Å²) >= 11 is 0. The zero-order valence-corrected chi connectivity index (χ0v) is 11.3. The van der Waals surface area contributed by atoms with Gasteiger partial charge in [-0.2, -0.15) is 0 Å². The first-order valence-electron chi connectivity index (χ1n) is 6.02. The Morgan fingerprint density at radius 2 is 1.94 bits per heavy atom. The van der Waals surface area contributed by atoms with Crippen LogP contribution in [-0.4, -0.2) is 9.99 Å². The number of para-hydroxylation sites is 1. The van der Waals surface area contributed by atoms with Gasteiger partial charge in [0.05, 0.1) is 21.4 Å². The highest BCUT2D eigenvalue weighted by atomic mass is 32.2. The molecule has 94 valence electrons. The van der Waals surface area contributed by atoms with E-state index in [0.29, 0.717) is 16.2 Å². The number of hydrogen-bond donors (Lipinski definition) is 1. The molecule has 3 nitrogen and oxygen atoms in total. The normalized spacial score (nSPS) is 25.2. The van der Waals surface area contributed by atoms with Crippen LogP contribution in [0.2, 0.25) is 0 Å². The van der Waals surface area contributed by atoms with E-state index in [9.17, 15) is 9.00 Å². The van der Waals surface area contributed by atoms with Crippen molar-refractivity contribution >= 4 is 22.3 Å². The molecule has 0 saturated carbocycles. The first-order chi connectivity index (χ1) is 8.48. The number of anilines is 1. The molecule has 3 rings (SSSR count). The number of carbonyl (C=O) groups excluding carboxylic acids is 1. The first-order valence-corrected chi connectivity index (χ1v) is 7.17. The molecule has 0 unspecified atom stereocenters. The van der Waals surface area contributed by atoms with Crippen molar-refractivity contribution in [3.8, 4) is 0 Å². The molecule has 1 atom stereocenters. The van der Waals surface area contributed by atoms with Crippen LogP contribution in [0, 0.1) is 5.41 Å². The molecular weight excluding hydrogens is 246 g/mol. The maximum absolute atomic E-state index is 12.5. The van der Waals surface area contributed by atoms with Crippen molar-refractivity contribution in [3.05, 3.63) is 34.9 Å². The number of hydrogen-bond acceptors (Lipinski definition) is 3. The summed E-state index contributed by atoms with van der Waals surface area (Å²) in [5, 5.41) is 3.28. The van der Waals surface area contributed by atoms with E-state index < -0.39 is 10.8 Å². The van der Waals surface area contributed by atoms with Gasteiger partial charge < -0.3 is 5.32 Å². The van der Waals surface area contributed by atoms with Crippen LogP contribution in [0.15, 0.2) is 39.8 Å². The van der Waals surface area contributed by atoms with E-state index in [1.54, 1.807) is 0 Å². The molecule has 18 heavy (non-hydrogen) atoms. The van der Waals surface area contributed by atoms with Crippen LogP contribution < -0.4 is 5.32 Å². The summed E-state index contributed by atoms with van der Waals surface area (Å²) in [6.07, 6.45) is 1.25. The molecular formula is C14H15NO2S. The lowest BCUT2D eigenvalue weighted by Gasteiger charge is -2.34. The second-order valence-corrected chi connectivity index (χ2v) is 7.02. The SMILES string of the molecule is CC1(C)CC(=O)C2=C(C1)Nc1ccccc1[S@]2=O. The van der Waals surface area contributed by atoms with Crippen LogP contribution in [0.25, 0.3) is 0 Å². The summed E-state index contributed by atoms with van der Waals surface area (Å²) < 4.78 is 12.5. The zero-order chi connectivity index (χ0) is 12.9. The number of rotatable bonds is 0. The molecule has 1 aliphatic heterocycles. The maximum atomic E-state index is 12.5. The van der Waals surface area contributed by atoms with E-state index in [-0.39, 0.29) is 11.2 Å². The van der Waals surface area contributed by atoms with Gasteiger partial charge in [-0.25, -0.2) is 4.21 Å². The monoisotopic (exact) mass is 261 g/mol. The standard InChI is InChI=1S/C14H15NO2S/c1-14(2)7-10-13(11(16)8-14)18(17)12-6-4-3-5-9(12)15-10/h3-6,15H,7-8H2,1-2H3/t18-/m1/s1. The number of allylic oxidation sites excluding steroid dienone is 2. The highest BCUT2D eigenvalue weighted by molar-refractivity contribution is 7.90. The topological polar surface area (TPSA) is 46.2 Å². The summed E-state index contributed by atoms with van der Waals surface area (Å²) in [5.41, 5.74) is 1.65. The summed E-state index contributed by atoms with van der Waals surface area (Å²) in [5.74, 6) is 0.0154. The number of nitrogens with one attached hydrogen (secondary N) is 1. The van der Waals surface area contributed by atoms with Crippen LogP contribution in [0.4, 0.5) is 5.69 Å². The highest BCUT2D eigenvalue weighted by Crippen LogP contribution is 2.42. The molecule has 1 aromatic rings. The van der Waals surface area contributed by atoms with E-state index in [1.165, 1.54) is 0 Å². The molecule has 0 aromatic heterocycles. The highest BCUT2D eigenvalue weighted by Gasteiger charge is 2.38. The van der Waals surface area contributed by atoms with Gasteiger partial charge in [-0.3, -0.25) is 4.79 Å². The molecule has 1 aliphatic carbocycles. The number of benzene rings is 1. The van der Waals surface area contributed by atoms with E-state index in [2.05, 4.69) is 19.2 Å². The van der Waals surface area contributed by atoms with Crippen LogP contribution in [0.3, 0.4) is 0 Å². The van der Waals surface area contributed by atoms with Crippen molar-refractivity contribution in [2.24, 2.45) is 5.41 Å².